The number of benzene rings is 2. The molecule has 2 aromatic carbocycles. The van der Waals surface area contributed by atoms with E-state index in [9.17, 15) is 0 Å². The molecule has 8 heteroatoms. The number of ether oxygens (including phenoxy) is 2. The van der Waals surface area contributed by atoms with Gasteiger partial charge in [-0.15, -0.1) is 0 Å². The Morgan fingerprint density at radius 2 is 1.71 bits per heavy atom. The van der Waals surface area contributed by atoms with Crippen molar-refractivity contribution >= 4 is 28.5 Å². The van der Waals surface area contributed by atoms with Crippen LogP contribution >= 0.6 is 0 Å². The lowest BCUT2D eigenvalue weighted by Crippen LogP contribution is -2.22. The second kappa shape index (κ2) is 13.5. The van der Waals surface area contributed by atoms with E-state index in [0.717, 1.165) is 70.1 Å². The second-order valence-electron chi connectivity index (χ2n) is 9.43. The Bertz CT molecular complexity index is 1600. The zero-order valence-electron chi connectivity index (χ0n) is 23.1. The summed E-state index contributed by atoms with van der Waals surface area (Å²) in [6, 6.07) is 26.0. The van der Waals surface area contributed by atoms with E-state index in [-0.39, 0.29) is 0 Å². The minimum Gasteiger partial charge on any atom is -0.497 e. The van der Waals surface area contributed by atoms with E-state index >= 15 is 0 Å². The van der Waals surface area contributed by atoms with Crippen LogP contribution in [0.1, 0.15) is 17.5 Å². The predicted molar refractivity (Wildman–Crippen MR) is 165 cm³/mol. The van der Waals surface area contributed by atoms with Gasteiger partial charge in [0, 0.05) is 41.5 Å². The molecule has 8 nitrogen and oxygen atoms in total. The van der Waals surface area contributed by atoms with E-state index in [0.29, 0.717) is 19.0 Å². The first-order chi connectivity index (χ1) is 20.2. The maximum atomic E-state index is 6.04. The van der Waals surface area contributed by atoms with Crippen molar-refractivity contribution < 1.29 is 9.47 Å². The predicted octanol–water partition coefficient (Wildman–Crippen LogP) is 5.74. The van der Waals surface area contributed by atoms with Crippen LogP contribution in [0.25, 0.3) is 28.2 Å². The Morgan fingerprint density at radius 3 is 2.44 bits per heavy atom. The van der Waals surface area contributed by atoms with Crippen LogP contribution in [-0.2, 0) is 6.61 Å². The lowest BCUT2D eigenvalue weighted by Gasteiger charge is -2.28. The molecule has 41 heavy (non-hydrogen) atoms. The molecule has 0 bridgehead atoms. The highest BCUT2D eigenvalue weighted by Crippen LogP contribution is 2.37. The molecule has 0 amide bonds. The minimum atomic E-state index is 0.458. The van der Waals surface area contributed by atoms with Crippen LogP contribution in [0.5, 0.6) is 11.6 Å². The van der Waals surface area contributed by atoms with Crippen molar-refractivity contribution in [2.24, 2.45) is 11.5 Å². The molecule has 5 aromatic rings. The third-order valence-corrected chi connectivity index (χ3v) is 6.62. The number of aromatic nitrogens is 3. The maximum absolute atomic E-state index is 6.04. The summed E-state index contributed by atoms with van der Waals surface area (Å²) in [4.78, 5) is 16.5. The molecule has 0 aliphatic carbocycles. The van der Waals surface area contributed by atoms with Crippen molar-refractivity contribution in [3.8, 4) is 22.9 Å². The number of hydrogen-bond donors (Lipinski definition) is 2. The molecule has 6 rings (SSSR count). The van der Waals surface area contributed by atoms with Crippen LogP contribution < -0.4 is 25.8 Å². The zero-order valence-corrected chi connectivity index (χ0v) is 23.1. The van der Waals surface area contributed by atoms with Gasteiger partial charge in [0.15, 0.2) is 0 Å². The van der Waals surface area contributed by atoms with Gasteiger partial charge in [-0.1, -0.05) is 42.5 Å². The maximum Gasteiger partial charge on any atom is 0.214 e. The summed E-state index contributed by atoms with van der Waals surface area (Å²) in [7, 11) is 1.67. The topological polar surface area (TPSA) is 112 Å². The van der Waals surface area contributed by atoms with Gasteiger partial charge in [-0.2, -0.15) is 0 Å². The minimum absolute atomic E-state index is 0.458. The van der Waals surface area contributed by atoms with Gasteiger partial charge < -0.3 is 25.8 Å². The van der Waals surface area contributed by atoms with Crippen LogP contribution in [0.15, 0.2) is 97.3 Å². The van der Waals surface area contributed by atoms with Gasteiger partial charge in [-0.05, 0) is 67.5 Å². The quantitative estimate of drug-likeness (QED) is 0.253. The summed E-state index contributed by atoms with van der Waals surface area (Å²) in [6.45, 7) is 2.60. The summed E-state index contributed by atoms with van der Waals surface area (Å²) < 4.78 is 11.4. The van der Waals surface area contributed by atoms with E-state index in [4.69, 9.17) is 30.9 Å². The molecule has 0 spiro atoms. The number of methoxy groups -OCH3 is 1. The number of pyridine rings is 3. The molecule has 4 N–H and O–H groups in total. The number of nitrogens with zero attached hydrogens (tertiary/aromatic N) is 4. The number of hydrogen-bond acceptors (Lipinski definition) is 8. The highest BCUT2D eigenvalue weighted by molar-refractivity contribution is 5.96. The van der Waals surface area contributed by atoms with Crippen molar-refractivity contribution in [3.05, 3.63) is 108 Å². The fourth-order valence-corrected chi connectivity index (χ4v) is 4.49. The van der Waals surface area contributed by atoms with Crippen LogP contribution in [0.3, 0.4) is 0 Å². The molecule has 0 saturated carbocycles. The van der Waals surface area contributed by atoms with Crippen LogP contribution in [-0.4, -0.2) is 41.7 Å². The molecule has 0 atom stereocenters. The molecule has 0 fully saturated rings. The molecule has 3 aromatic heterocycles. The van der Waals surface area contributed by atoms with E-state index < -0.39 is 0 Å². The van der Waals surface area contributed by atoms with Gasteiger partial charge in [0.1, 0.15) is 18.2 Å². The molecule has 0 radical (unpaired) electrons. The number of rotatable bonds is 8. The van der Waals surface area contributed by atoms with Gasteiger partial charge in [-0.25, -0.2) is 9.97 Å². The van der Waals surface area contributed by atoms with Gasteiger partial charge in [0.25, 0.3) is 0 Å². The normalized spacial score (nSPS) is 11.9. The van der Waals surface area contributed by atoms with Crippen molar-refractivity contribution in [2.75, 3.05) is 31.6 Å². The number of fused-ring (bicyclic) bond motifs is 2. The van der Waals surface area contributed by atoms with Gasteiger partial charge in [-0.3, -0.25) is 4.98 Å². The summed E-state index contributed by atoms with van der Waals surface area (Å²) in [5, 5.41) is 0.956. The summed E-state index contributed by atoms with van der Waals surface area (Å²) in [5.41, 5.74) is 16.0. The van der Waals surface area contributed by atoms with Crippen LogP contribution in [0.2, 0.25) is 0 Å². The fourth-order valence-electron chi connectivity index (χ4n) is 4.49. The van der Waals surface area contributed by atoms with E-state index in [1.54, 1.807) is 7.11 Å². The third kappa shape index (κ3) is 6.69. The third-order valence-electron chi connectivity index (χ3n) is 6.62. The lowest BCUT2D eigenvalue weighted by molar-refractivity contribution is 0.295. The van der Waals surface area contributed by atoms with Crippen LogP contribution in [0.4, 0.5) is 11.5 Å². The van der Waals surface area contributed by atoms with Crippen molar-refractivity contribution in [3.63, 3.8) is 0 Å². The average molecular weight is 547 g/mol. The molecular weight excluding hydrogens is 512 g/mol. The Morgan fingerprint density at radius 1 is 0.902 bits per heavy atom. The summed E-state index contributed by atoms with van der Waals surface area (Å²) in [5.74, 6) is 2.22. The first kappa shape index (κ1) is 27.8. The Hall–Kier alpha value is -4.79. The number of nitrogens with two attached hydrogens (primary N) is 2. The largest absolute Gasteiger partial charge is 0.497 e. The van der Waals surface area contributed by atoms with E-state index in [1.165, 1.54) is 0 Å². The molecule has 1 aliphatic rings. The lowest BCUT2D eigenvalue weighted by atomic mass is 10.1. The first-order valence-electron chi connectivity index (χ1n) is 13.6. The molecule has 0 unspecified atom stereocenters. The smallest absolute Gasteiger partial charge is 0.214 e. The second-order valence-corrected chi connectivity index (χ2v) is 9.43. The first-order valence-corrected chi connectivity index (χ1v) is 13.6. The summed E-state index contributed by atoms with van der Waals surface area (Å²) in [6.07, 6.45) is 8.86. The molecule has 0 saturated heterocycles. The highest BCUT2D eigenvalue weighted by Gasteiger charge is 2.20. The molecule has 208 valence electrons. The van der Waals surface area contributed by atoms with Gasteiger partial charge in [0.2, 0.25) is 5.88 Å². The molecule has 1 aliphatic heterocycles. The summed E-state index contributed by atoms with van der Waals surface area (Å²) >= 11 is 0. The Balaban J connectivity index is 0.000000623. The molecule has 4 heterocycles. The van der Waals surface area contributed by atoms with E-state index in [1.807, 2.05) is 91.3 Å². The Labute approximate surface area is 240 Å². The van der Waals surface area contributed by atoms with Crippen molar-refractivity contribution in [1.29, 1.82) is 0 Å². The van der Waals surface area contributed by atoms with Crippen molar-refractivity contribution in [2.45, 2.75) is 13.0 Å². The van der Waals surface area contributed by atoms with Gasteiger partial charge >= 0.3 is 0 Å². The van der Waals surface area contributed by atoms with Crippen LogP contribution in [0, 0.1) is 0 Å². The number of anilines is 2. The zero-order chi connectivity index (χ0) is 28.4. The fraction of sp³-hybridized carbons (Fsp3) is 0.182. The SMILES string of the molecule is COc1ccc(-c2cc3nc(OCc4ccccc4)ccc3c(N3CC=Cc4cnccc43)n2)cc1.NCCCN. The van der Waals surface area contributed by atoms with Gasteiger partial charge in [0.05, 0.1) is 24.0 Å². The average Bonchev–Trinajstić information content (AvgIpc) is 3.04. The Kier molecular flexibility index (Phi) is 9.15. The molecular formula is C33H34N6O2. The van der Waals surface area contributed by atoms with Crippen molar-refractivity contribution in [1.82, 2.24) is 15.0 Å². The monoisotopic (exact) mass is 546 g/mol. The highest BCUT2D eigenvalue weighted by atomic mass is 16.5. The standard InChI is InChI=1S/C30H24N4O2.C3H10N2/c1-35-24-11-9-22(10-12-24)26-18-27-25(13-14-29(32-27)36-20-21-6-3-2-4-7-21)30(33-26)34-17-5-8-23-19-31-16-15-28(23)34;4-2-1-3-5/h2-16,18-19H,17,20H2,1H3;1-5H2. The van der Waals surface area contributed by atoms with E-state index in [2.05, 4.69) is 22.0 Å².